The summed E-state index contributed by atoms with van der Waals surface area (Å²) in [5, 5.41) is 3.64. The minimum Gasteiger partial charge on any atom is -0.497 e. The Morgan fingerprint density at radius 3 is 2.45 bits per heavy atom. The van der Waals surface area contributed by atoms with Crippen LogP contribution in [-0.4, -0.2) is 33.4 Å². The van der Waals surface area contributed by atoms with Gasteiger partial charge in [0, 0.05) is 19.8 Å². The number of aryl methyl sites for hydroxylation is 1. The summed E-state index contributed by atoms with van der Waals surface area (Å²) in [7, 11) is 3.47. The standard InChI is InChI=1S/C17H29NO2/c1-4-13-18-16(6-5-14-19-2)10-7-15-8-11-17(20-3)12-9-15/h8-9,11-12,16,18H,4-7,10,13-14H2,1-3H3. The first-order valence-electron chi connectivity index (χ1n) is 7.65. The van der Waals surface area contributed by atoms with Gasteiger partial charge >= 0.3 is 0 Å². The van der Waals surface area contributed by atoms with Crippen molar-refractivity contribution in [3.63, 3.8) is 0 Å². The van der Waals surface area contributed by atoms with Gasteiger partial charge in [0.15, 0.2) is 0 Å². The third-order valence-corrected chi connectivity index (χ3v) is 3.52. The zero-order valence-corrected chi connectivity index (χ0v) is 13.2. The molecule has 0 aliphatic heterocycles. The zero-order valence-electron chi connectivity index (χ0n) is 13.2. The summed E-state index contributed by atoms with van der Waals surface area (Å²) in [4.78, 5) is 0. The fourth-order valence-electron chi connectivity index (χ4n) is 2.30. The second kappa shape index (κ2) is 10.7. The third-order valence-electron chi connectivity index (χ3n) is 3.52. The summed E-state index contributed by atoms with van der Waals surface area (Å²) in [6.45, 7) is 4.16. The first kappa shape index (κ1) is 17.0. The number of rotatable bonds is 11. The lowest BCUT2D eigenvalue weighted by molar-refractivity contribution is 0.188. The molecular formula is C17H29NO2. The molecule has 0 amide bonds. The highest BCUT2D eigenvalue weighted by Gasteiger charge is 2.08. The molecule has 1 aromatic carbocycles. The molecule has 1 rings (SSSR count). The van der Waals surface area contributed by atoms with Gasteiger partial charge in [0.05, 0.1) is 7.11 Å². The Kier molecular flexibility index (Phi) is 9.09. The van der Waals surface area contributed by atoms with E-state index < -0.39 is 0 Å². The zero-order chi connectivity index (χ0) is 14.6. The summed E-state index contributed by atoms with van der Waals surface area (Å²) in [5.74, 6) is 0.925. The molecular weight excluding hydrogens is 250 g/mol. The Labute approximate surface area is 123 Å². The topological polar surface area (TPSA) is 30.5 Å². The molecule has 1 atom stereocenters. The first-order valence-corrected chi connectivity index (χ1v) is 7.65. The molecule has 0 heterocycles. The minimum absolute atomic E-state index is 0.590. The van der Waals surface area contributed by atoms with Crippen molar-refractivity contribution in [2.24, 2.45) is 0 Å². The number of hydrogen-bond donors (Lipinski definition) is 1. The van der Waals surface area contributed by atoms with Gasteiger partial charge in [0.1, 0.15) is 5.75 Å². The molecule has 0 saturated carbocycles. The second-order valence-corrected chi connectivity index (χ2v) is 5.17. The largest absolute Gasteiger partial charge is 0.497 e. The van der Waals surface area contributed by atoms with Crippen molar-refractivity contribution in [1.29, 1.82) is 0 Å². The summed E-state index contributed by atoms with van der Waals surface area (Å²) < 4.78 is 10.3. The number of hydrogen-bond acceptors (Lipinski definition) is 3. The molecule has 0 aromatic heterocycles. The predicted molar refractivity (Wildman–Crippen MR) is 84.5 cm³/mol. The Hall–Kier alpha value is -1.06. The van der Waals surface area contributed by atoms with Crippen LogP contribution < -0.4 is 10.1 Å². The monoisotopic (exact) mass is 279 g/mol. The first-order chi connectivity index (χ1) is 9.80. The van der Waals surface area contributed by atoms with Crippen molar-refractivity contribution < 1.29 is 9.47 Å². The molecule has 114 valence electrons. The minimum atomic E-state index is 0.590. The molecule has 3 heteroatoms. The van der Waals surface area contributed by atoms with Crippen LogP contribution >= 0.6 is 0 Å². The van der Waals surface area contributed by atoms with Crippen LogP contribution in [0.4, 0.5) is 0 Å². The Balaban J connectivity index is 2.38. The lowest BCUT2D eigenvalue weighted by Crippen LogP contribution is -2.30. The molecule has 1 aromatic rings. The quantitative estimate of drug-likeness (QED) is 0.630. The summed E-state index contributed by atoms with van der Waals surface area (Å²) in [6, 6.07) is 8.98. The maximum atomic E-state index is 5.19. The fraction of sp³-hybridized carbons (Fsp3) is 0.647. The number of nitrogens with one attached hydrogen (secondary N) is 1. The average molecular weight is 279 g/mol. The van der Waals surface area contributed by atoms with E-state index in [9.17, 15) is 0 Å². The normalized spacial score (nSPS) is 12.3. The van der Waals surface area contributed by atoms with Gasteiger partial charge in [-0.3, -0.25) is 0 Å². The number of ether oxygens (including phenoxy) is 2. The number of benzene rings is 1. The van der Waals surface area contributed by atoms with Crippen LogP contribution in [0.3, 0.4) is 0 Å². The van der Waals surface area contributed by atoms with Crippen LogP contribution in [0.1, 0.15) is 38.2 Å². The summed E-state index contributed by atoms with van der Waals surface area (Å²) in [5.41, 5.74) is 1.38. The lowest BCUT2D eigenvalue weighted by Gasteiger charge is -2.18. The van der Waals surface area contributed by atoms with E-state index in [1.165, 1.54) is 24.8 Å². The Morgan fingerprint density at radius 1 is 1.10 bits per heavy atom. The van der Waals surface area contributed by atoms with Crippen molar-refractivity contribution in [3.8, 4) is 5.75 Å². The molecule has 0 aliphatic rings. The third kappa shape index (κ3) is 6.92. The molecule has 0 saturated heterocycles. The number of methoxy groups -OCH3 is 2. The van der Waals surface area contributed by atoms with E-state index in [1.807, 2.05) is 12.1 Å². The average Bonchev–Trinajstić information content (AvgIpc) is 2.50. The Bertz CT molecular complexity index is 337. The Morgan fingerprint density at radius 2 is 1.85 bits per heavy atom. The van der Waals surface area contributed by atoms with E-state index in [0.717, 1.165) is 31.7 Å². The van der Waals surface area contributed by atoms with Crippen LogP contribution in [-0.2, 0) is 11.2 Å². The smallest absolute Gasteiger partial charge is 0.118 e. The SMILES string of the molecule is CCCNC(CCCOC)CCc1ccc(OC)cc1. The fourth-order valence-corrected chi connectivity index (χ4v) is 2.30. The molecule has 0 bridgehead atoms. The van der Waals surface area contributed by atoms with Gasteiger partial charge in [-0.1, -0.05) is 19.1 Å². The van der Waals surface area contributed by atoms with E-state index in [2.05, 4.69) is 24.4 Å². The highest BCUT2D eigenvalue weighted by atomic mass is 16.5. The van der Waals surface area contributed by atoms with Crippen LogP contribution in [0.5, 0.6) is 5.75 Å². The molecule has 0 fully saturated rings. The highest BCUT2D eigenvalue weighted by molar-refractivity contribution is 5.27. The van der Waals surface area contributed by atoms with Crippen molar-refractivity contribution in [1.82, 2.24) is 5.32 Å². The second-order valence-electron chi connectivity index (χ2n) is 5.17. The van der Waals surface area contributed by atoms with Crippen molar-refractivity contribution in [2.45, 2.75) is 45.1 Å². The van der Waals surface area contributed by atoms with Gasteiger partial charge in [0.2, 0.25) is 0 Å². The predicted octanol–water partition coefficient (Wildman–Crippen LogP) is 3.42. The van der Waals surface area contributed by atoms with Crippen molar-refractivity contribution in [3.05, 3.63) is 29.8 Å². The molecule has 0 spiro atoms. The van der Waals surface area contributed by atoms with Gasteiger partial charge in [-0.05, 0) is 56.3 Å². The van der Waals surface area contributed by atoms with E-state index in [4.69, 9.17) is 9.47 Å². The van der Waals surface area contributed by atoms with Crippen LogP contribution in [0.25, 0.3) is 0 Å². The summed E-state index contributed by atoms with van der Waals surface area (Å²) in [6.07, 6.45) is 5.78. The summed E-state index contributed by atoms with van der Waals surface area (Å²) >= 11 is 0. The van der Waals surface area contributed by atoms with Gasteiger partial charge in [-0.15, -0.1) is 0 Å². The molecule has 20 heavy (non-hydrogen) atoms. The van der Waals surface area contributed by atoms with Crippen LogP contribution in [0.2, 0.25) is 0 Å². The van der Waals surface area contributed by atoms with Crippen molar-refractivity contribution in [2.75, 3.05) is 27.4 Å². The molecule has 1 unspecified atom stereocenters. The van der Waals surface area contributed by atoms with Gasteiger partial charge < -0.3 is 14.8 Å². The van der Waals surface area contributed by atoms with Gasteiger partial charge in [-0.25, -0.2) is 0 Å². The van der Waals surface area contributed by atoms with E-state index in [1.54, 1.807) is 14.2 Å². The molecule has 0 radical (unpaired) electrons. The highest BCUT2D eigenvalue weighted by Crippen LogP contribution is 2.14. The van der Waals surface area contributed by atoms with E-state index in [0.29, 0.717) is 6.04 Å². The van der Waals surface area contributed by atoms with Crippen LogP contribution in [0, 0.1) is 0 Å². The molecule has 3 nitrogen and oxygen atoms in total. The maximum absolute atomic E-state index is 5.19. The maximum Gasteiger partial charge on any atom is 0.118 e. The molecule has 0 aliphatic carbocycles. The lowest BCUT2D eigenvalue weighted by atomic mass is 10.0. The van der Waals surface area contributed by atoms with Crippen LogP contribution in [0.15, 0.2) is 24.3 Å². The van der Waals surface area contributed by atoms with E-state index >= 15 is 0 Å². The van der Waals surface area contributed by atoms with E-state index in [-0.39, 0.29) is 0 Å². The van der Waals surface area contributed by atoms with Crippen molar-refractivity contribution >= 4 is 0 Å². The molecule has 1 N–H and O–H groups in total. The van der Waals surface area contributed by atoms with Gasteiger partial charge in [0.25, 0.3) is 0 Å². The van der Waals surface area contributed by atoms with Gasteiger partial charge in [-0.2, -0.15) is 0 Å².